The zero-order chi connectivity index (χ0) is 11.0. The first kappa shape index (κ1) is 17.3. The van der Waals surface area contributed by atoms with Gasteiger partial charge in [-0.25, -0.2) is 0 Å². The molecule has 0 heterocycles. The summed E-state index contributed by atoms with van der Waals surface area (Å²) >= 11 is -1.65. The molecule has 0 aromatic carbocycles. The van der Waals surface area contributed by atoms with Gasteiger partial charge in [-0.15, -0.1) is 0 Å². The Labute approximate surface area is 125 Å². The van der Waals surface area contributed by atoms with Crippen LogP contribution in [-0.2, 0) is 21.3 Å². The van der Waals surface area contributed by atoms with E-state index in [0.29, 0.717) is 0 Å². The van der Waals surface area contributed by atoms with Crippen LogP contribution in [0.2, 0.25) is 0 Å². The van der Waals surface area contributed by atoms with E-state index in [2.05, 4.69) is 43.2 Å². The Morgan fingerprint density at radius 1 is 1.12 bits per heavy atom. The summed E-state index contributed by atoms with van der Waals surface area (Å²) < 4.78 is 7.91. The Morgan fingerprint density at radius 2 is 1.76 bits per heavy atom. The van der Waals surface area contributed by atoms with Gasteiger partial charge in [-0.1, -0.05) is 0 Å². The van der Waals surface area contributed by atoms with E-state index in [4.69, 9.17) is 0 Å². The van der Waals surface area contributed by atoms with Gasteiger partial charge in [0, 0.05) is 0 Å². The van der Waals surface area contributed by atoms with Crippen molar-refractivity contribution in [1.29, 1.82) is 0 Å². The maximum absolute atomic E-state index is 4.53. The Balaban J connectivity index is 0.00000128. The van der Waals surface area contributed by atoms with Gasteiger partial charge in [-0.05, 0) is 0 Å². The van der Waals surface area contributed by atoms with Crippen molar-refractivity contribution in [2.45, 2.75) is 33.6 Å². The van der Waals surface area contributed by atoms with Crippen molar-refractivity contribution < 1.29 is 46.1 Å². The maximum Gasteiger partial charge on any atom is -1.00 e. The quantitative estimate of drug-likeness (QED) is 0.537. The SMILES string of the molecule is [CH2]=[Zr+2]([C]1=CC(C)=CC1)[C]1=C(C)C=C(C)C1.[Cl-].[Cl-]. The summed E-state index contributed by atoms with van der Waals surface area (Å²) in [6.45, 7) is 6.69. The second-order valence-electron chi connectivity index (χ2n) is 4.63. The monoisotopic (exact) mass is 346 g/mol. The fraction of sp³-hybridized carbons (Fsp3) is 0.357. The summed E-state index contributed by atoms with van der Waals surface area (Å²) in [6, 6.07) is 0. The summed E-state index contributed by atoms with van der Waals surface area (Å²) in [6.07, 6.45) is 9.46. The van der Waals surface area contributed by atoms with Crippen molar-refractivity contribution in [3.8, 4) is 0 Å². The number of hydrogen-bond acceptors (Lipinski definition) is 0. The van der Waals surface area contributed by atoms with E-state index in [1.165, 1.54) is 29.6 Å². The molecule has 0 amide bonds. The minimum atomic E-state index is -1.65. The molecular weight excluding hydrogens is 330 g/mol. The van der Waals surface area contributed by atoms with Crippen LogP contribution in [0.3, 0.4) is 0 Å². The van der Waals surface area contributed by atoms with Gasteiger partial charge in [0.15, 0.2) is 0 Å². The van der Waals surface area contributed by atoms with Gasteiger partial charge in [0.25, 0.3) is 0 Å². The molecule has 3 heteroatoms. The molecule has 0 aromatic heterocycles. The molecule has 0 aromatic rings. The van der Waals surface area contributed by atoms with Crippen LogP contribution in [0.4, 0.5) is 0 Å². The standard InChI is InChI=1S/C7H9.C6H7.CH2.2ClH.Zr/c1-6-3-4-7(2)5-6;1-6-4-2-3-5-6;;;;/h5H,3H2,1-2H3;4-5H,2H2,1H3;1H2;2*1H;/q;;;;;+2/p-2. The van der Waals surface area contributed by atoms with Crippen LogP contribution in [0.5, 0.6) is 0 Å². The summed E-state index contributed by atoms with van der Waals surface area (Å²) in [5.41, 5.74) is 4.47. The van der Waals surface area contributed by atoms with E-state index in [1.54, 1.807) is 6.56 Å². The molecule has 0 unspecified atom stereocenters. The Kier molecular flexibility index (Phi) is 7.14. The second-order valence-corrected chi connectivity index (χ2v) is 10.0. The minimum absolute atomic E-state index is 0. The van der Waals surface area contributed by atoms with Crippen molar-refractivity contribution in [2.24, 2.45) is 0 Å². The first-order chi connectivity index (χ1) is 7.08. The zero-order valence-corrected chi connectivity index (χ0v) is 14.6. The molecule has 0 spiro atoms. The first-order valence-electron chi connectivity index (χ1n) is 5.52. The van der Waals surface area contributed by atoms with E-state index in [-0.39, 0.29) is 24.8 Å². The third kappa shape index (κ3) is 3.88. The molecule has 2 aliphatic rings. The smallest absolute Gasteiger partial charge is 1.00 e. The van der Waals surface area contributed by atoms with Gasteiger partial charge in [-0.2, -0.15) is 0 Å². The van der Waals surface area contributed by atoms with E-state index < -0.39 is 21.3 Å². The fourth-order valence-electron chi connectivity index (χ4n) is 2.34. The van der Waals surface area contributed by atoms with E-state index in [9.17, 15) is 0 Å². The molecule has 0 saturated carbocycles. The maximum atomic E-state index is 4.53. The predicted molar refractivity (Wildman–Crippen MR) is 64.7 cm³/mol. The van der Waals surface area contributed by atoms with Crippen LogP contribution in [-0.4, -0.2) is 4.21 Å². The molecule has 2 rings (SSSR count). The van der Waals surface area contributed by atoms with Crippen LogP contribution in [0.1, 0.15) is 33.6 Å². The molecule has 0 nitrogen and oxygen atoms in total. The topological polar surface area (TPSA) is 0 Å². The molecule has 92 valence electrons. The molecule has 17 heavy (non-hydrogen) atoms. The van der Waals surface area contributed by atoms with E-state index in [1.807, 2.05) is 0 Å². The van der Waals surface area contributed by atoms with Crippen molar-refractivity contribution in [3.05, 3.63) is 41.5 Å². The first-order valence-corrected chi connectivity index (χ1v) is 9.71. The summed E-state index contributed by atoms with van der Waals surface area (Å²) in [5, 5.41) is 0. The molecule has 0 saturated heterocycles. The molecule has 0 aliphatic heterocycles. The van der Waals surface area contributed by atoms with Gasteiger partial charge in [-0.3, -0.25) is 0 Å². The molecule has 0 fully saturated rings. The molecule has 0 atom stereocenters. The Hall–Kier alpha value is 0.293. The van der Waals surface area contributed by atoms with Crippen molar-refractivity contribution >= 4 is 4.21 Å². The fourth-order valence-corrected chi connectivity index (χ4v) is 7.69. The molecule has 0 N–H and O–H groups in total. The van der Waals surface area contributed by atoms with Gasteiger partial charge in [0.05, 0.1) is 0 Å². The van der Waals surface area contributed by atoms with Gasteiger partial charge >= 0.3 is 101 Å². The normalized spacial score (nSPS) is 17.4. The average molecular weight is 348 g/mol. The van der Waals surface area contributed by atoms with Crippen molar-refractivity contribution in [2.75, 3.05) is 0 Å². The molecule has 0 bridgehead atoms. The largest absolute Gasteiger partial charge is 1.00 e. The van der Waals surface area contributed by atoms with Crippen molar-refractivity contribution in [3.63, 3.8) is 0 Å². The van der Waals surface area contributed by atoms with Crippen LogP contribution >= 0.6 is 0 Å². The zero-order valence-electron chi connectivity index (χ0n) is 10.6. The molecular formula is C14H18Cl2Zr. The second kappa shape index (κ2) is 7.02. The number of hydrogen-bond donors (Lipinski definition) is 0. The van der Waals surface area contributed by atoms with Crippen LogP contribution in [0, 0.1) is 0 Å². The van der Waals surface area contributed by atoms with Crippen LogP contribution in [0.25, 0.3) is 0 Å². The van der Waals surface area contributed by atoms with E-state index >= 15 is 0 Å². The average Bonchev–Trinajstić information content (AvgIpc) is 2.71. The van der Waals surface area contributed by atoms with Gasteiger partial charge in [0.1, 0.15) is 0 Å². The molecule has 2 aliphatic carbocycles. The molecule has 0 radical (unpaired) electrons. The Morgan fingerprint density at radius 3 is 2.18 bits per heavy atom. The number of allylic oxidation sites excluding steroid dienone is 8. The predicted octanol–water partition coefficient (Wildman–Crippen LogP) is -2.10. The minimum Gasteiger partial charge on any atom is -1.00 e. The van der Waals surface area contributed by atoms with Crippen LogP contribution < -0.4 is 24.8 Å². The Bertz CT molecular complexity index is 451. The summed E-state index contributed by atoms with van der Waals surface area (Å²) in [5.74, 6) is 0. The number of rotatable bonds is 2. The van der Waals surface area contributed by atoms with Gasteiger partial charge < -0.3 is 24.8 Å². The van der Waals surface area contributed by atoms with Gasteiger partial charge in [0.2, 0.25) is 0 Å². The van der Waals surface area contributed by atoms with Crippen molar-refractivity contribution in [1.82, 2.24) is 0 Å². The van der Waals surface area contributed by atoms with E-state index in [0.717, 1.165) is 0 Å². The summed E-state index contributed by atoms with van der Waals surface area (Å²) in [7, 11) is 0. The third-order valence-electron chi connectivity index (χ3n) is 3.19. The van der Waals surface area contributed by atoms with Crippen LogP contribution in [0.15, 0.2) is 41.5 Å². The summed E-state index contributed by atoms with van der Waals surface area (Å²) in [4.78, 5) is 0. The third-order valence-corrected chi connectivity index (χ3v) is 9.15. The number of halogens is 2.